The van der Waals surface area contributed by atoms with Crippen molar-refractivity contribution < 1.29 is 9.50 Å². The summed E-state index contributed by atoms with van der Waals surface area (Å²) in [5.74, 6) is -0.352. The molecule has 1 aromatic carbocycles. The maximum Gasteiger partial charge on any atom is 0.123 e. The van der Waals surface area contributed by atoms with Gasteiger partial charge >= 0.3 is 0 Å². The first-order chi connectivity index (χ1) is 5.24. The molecule has 0 saturated heterocycles. The van der Waals surface area contributed by atoms with Crippen LogP contribution in [0.1, 0.15) is 11.7 Å². The van der Waals surface area contributed by atoms with Gasteiger partial charge in [0.2, 0.25) is 0 Å². The molecule has 0 radical (unpaired) electrons. The monoisotopic (exact) mass is 235 g/mol. The molecule has 3 N–H and O–H groups in total. The summed E-state index contributed by atoms with van der Waals surface area (Å²) in [6.45, 7) is 0.115. The van der Waals surface area contributed by atoms with Crippen LogP contribution in [0.4, 0.5) is 4.39 Å². The molecule has 1 aromatic rings. The topological polar surface area (TPSA) is 46.2 Å². The summed E-state index contributed by atoms with van der Waals surface area (Å²) < 4.78 is 12.5. The molecule has 0 bridgehead atoms. The molecule has 0 heterocycles. The Kier molecular flexibility index (Phi) is 5.04. The summed E-state index contributed by atoms with van der Waals surface area (Å²) in [5, 5.41) is 9.16. The molecular formula is C8H11BrFNO. The van der Waals surface area contributed by atoms with Crippen LogP contribution < -0.4 is 5.73 Å². The molecule has 0 amide bonds. The van der Waals surface area contributed by atoms with Crippen molar-refractivity contribution in [2.24, 2.45) is 5.73 Å². The number of halogens is 2. The van der Waals surface area contributed by atoms with Gasteiger partial charge in [0.15, 0.2) is 0 Å². The number of rotatable bonds is 2. The Morgan fingerprint density at radius 3 is 2.67 bits per heavy atom. The van der Waals surface area contributed by atoms with Gasteiger partial charge in [-0.2, -0.15) is 0 Å². The van der Waals surface area contributed by atoms with Gasteiger partial charge in [-0.3, -0.25) is 0 Å². The van der Waals surface area contributed by atoms with Crippen molar-refractivity contribution in [2.45, 2.75) is 6.10 Å². The van der Waals surface area contributed by atoms with E-state index in [4.69, 9.17) is 10.8 Å². The number of aliphatic hydroxyl groups is 1. The van der Waals surface area contributed by atoms with Crippen LogP contribution in [0, 0.1) is 5.82 Å². The number of aliphatic hydroxyl groups excluding tert-OH is 1. The lowest BCUT2D eigenvalue weighted by Crippen LogP contribution is -2.11. The van der Waals surface area contributed by atoms with Gasteiger partial charge in [-0.25, -0.2) is 4.39 Å². The number of hydrogen-bond donors (Lipinski definition) is 2. The van der Waals surface area contributed by atoms with E-state index >= 15 is 0 Å². The SMILES string of the molecule is Br.NCC(O)c1cccc(F)c1. The number of benzene rings is 1. The van der Waals surface area contributed by atoms with Crippen molar-refractivity contribution in [3.05, 3.63) is 35.6 Å². The molecule has 1 unspecified atom stereocenters. The van der Waals surface area contributed by atoms with E-state index in [0.29, 0.717) is 5.56 Å². The van der Waals surface area contributed by atoms with Crippen LogP contribution in [0.2, 0.25) is 0 Å². The Labute approximate surface area is 81.0 Å². The van der Waals surface area contributed by atoms with Gasteiger partial charge in [-0.05, 0) is 17.7 Å². The second-order valence-electron chi connectivity index (χ2n) is 2.31. The average Bonchev–Trinajstić information content (AvgIpc) is 2.03. The summed E-state index contributed by atoms with van der Waals surface area (Å²) in [6, 6.07) is 5.79. The minimum Gasteiger partial charge on any atom is -0.387 e. The van der Waals surface area contributed by atoms with Crippen LogP contribution in [0.3, 0.4) is 0 Å². The van der Waals surface area contributed by atoms with Crippen molar-refractivity contribution in [3.8, 4) is 0 Å². The van der Waals surface area contributed by atoms with Crippen LogP contribution in [0.25, 0.3) is 0 Å². The van der Waals surface area contributed by atoms with Gasteiger partial charge in [0.1, 0.15) is 5.82 Å². The summed E-state index contributed by atoms with van der Waals surface area (Å²) in [5.41, 5.74) is 5.70. The Balaban J connectivity index is 0.00000121. The fourth-order valence-electron chi connectivity index (χ4n) is 0.850. The largest absolute Gasteiger partial charge is 0.387 e. The van der Waals surface area contributed by atoms with Crippen LogP contribution in [0.5, 0.6) is 0 Å². The van der Waals surface area contributed by atoms with Crippen molar-refractivity contribution >= 4 is 17.0 Å². The van der Waals surface area contributed by atoms with Gasteiger partial charge in [0, 0.05) is 6.54 Å². The zero-order valence-corrected chi connectivity index (χ0v) is 8.12. The van der Waals surface area contributed by atoms with Gasteiger partial charge in [0.25, 0.3) is 0 Å². The molecule has 0 saturated carbocycles. The second kappa shape index (κ2) is 5.24. The van der Waals surface area contributed by atoms with E-state index in [0.717, 1.165) is 0 Å². The molecule has 0 spiro atoms. The molecule has 0 aliphatic carbocycles. The minimum atomic E-state index is -0.759. The highest BCUT2D eigenvalue weighted by Crippen LogP contribution is 2.11. The molecule has 4 heteroatoms. The maximum atomic E-state index is 12.5. The van der Waals surface area contributed by atoms with Gasteiger partial charge < -0.3 is 10.8 Å². The van der Waals surface area contributed by atoms with Crippen molar-refractivity contribution in [2.75, 3.05) is 6.54 Å². The molecular weight excluding hydrogens is 225 g/mol. The number of nitrogens with two attached hydrogens (primary N) is 1. The molecule has 0 fully saturated rings. The lowest BCUT2D eigenvalue weighted by molar-refractivity contribution is 0.186. The van der Waals surface area contributed by atoms with E-state index in [-0.39, 0.29) is 29.3 Å². The average molecular weight is 236 g/mol. The highest BCUT2D eigenvalue weighted by Gasteiger charge is 2.04. The van der Waals surface area contributed by atoms with E-state index < -0.39 is 6.10 Å². The molecule has 0 aromatic heterocycles. The van der Waals surface area contributed by atoms with E-state index in [1.165, 1.54) is 12.1 Å². The van der Waals surface area contributed by atoms with E-state index in [1.807, 2.05) is 0 Å². The zero-order chi connectivity index (χ0) is 8.27. The summed E-state index contributed by atoms with van der Waals surface area (Å²) >= 11 is 0. The third-order valence-corrected chi connectivity index (χ3v) is 1.46. The van der Waals surface area contributed by atoms with Gasteiger partial charge in [-0.1, -0.05) is 12.1 Å². The quantitative estimate of drug-likeness (QED) is 0.815. The highest BCUT2D eigenvalue weighted by molar-refractivity contribution is 8.93. The maximum absolute atomic E-state index is 12.5. The molecule has 68 valence electrons. The van der Waals surface area contributed by atoms with Crippen LogP contribution >= 0.6 is 17.0 Å². The molecule has 1 rings (SSSR count). The predicted molar refractivity (Wildman–Crippen MR) is 50.7 cm³/mol. The zero-order valence-electron chi connectivity index (χ0n) is 6.40. The Bertz CT molecular complexity index is 244. The Morgan fingerprint density at radius 1 is 1.50 bits per heavy atom. The lowest BCUT2D eigenvalue weighted by Gasteiger charge is -2.06. The second-order valence-corrected chi connectivity index (χ2v) is 2.31. The van der Waals surface area contributed by atoms with Crippen LogP contribution in [-0.4, -0.2) is 11.7 Å². The summed E-state index contributed by atoms with van der Waals surface area (Å²) in [6.07, 6.45) is -0.759. The third-order valence-electron chi connectivity index (χ3n) is 1.46. The first kappa shape index (κ1) is 11.6. The van der Waals surface area contributed by atoms with Crippen molar-refractivity contribution in [3.63, 3.8) is 0 Å². The molecule has 0 aliphatic rings. The van der Waals surface area contributed by atoms with Crippen LogP contribution in [-0.2, 0) is 0 Å². The molecule has 12 heavy (non-hydrogen) atoms. The lowest BCUT2D eigenvalue weighted by atomic mass is 10.1. The fraction of sp³-hybridized carbons (Fsp3) is 0.250. The first-order valence-electron chi connectivity index (χ1n) is 3.37. The van der Waals surface area contributed by atoms with Gasteiger partial charge in [-0.15, -0.1) is 17.0 Å². The predicted octanol–water partition coefficient (Wildman–Crippen LogP) is 1.40. The van der Waals surface area contributed by atoms with E-state index in [9.17, 15) is 4.39 Å². The van der Waals surface area contributed by atoms with Crippen molar-refractivity contribution in [1.29, 1.82) is 0 Å². The van der Waals surface area contributed by atoms with Gasteiger partial charge in [0.05, 0.1) is 6.10 Å². The summed E-state index contributed by atoms with van der Waals surface area (Å²) in [4.78, 5) is 0. The van der Waals surface area contributed by atoms with Crippen molar-refractivity contribution in [1.82, 2.24) is 0 Å². The van der Waals surface area contributed by atoms with E-state index in [2.05, 4.69) is 0 Å². The van der Waals surface area contributed by atoms with E-state index in [1.54, 1.807) is 12.1 Å². The highest BCUT2D eigenvalue weighted by atomic mass is 79.9. The molecule has 0 aliphatic heterocycles. The smallest absolute Gasteiger partial charge is 0.123 e. The minimum absolute atomic E-state index is 0. The molecule has 2 nitrogen and oxygen atoms in total. The normalized spacial score (nSPS) is 11.9. The summed E-state index contributed by atoms with van der Waals surface area (Å²) in [7, 11) is 0. The van der Waals surface area contributed by atoms with Crippen LogP contribution in [0.15, 0.2) is 24.3 Å². The first-order valence-corrected chi connectivity index (χ1v) is 3.37. The Morgan fingerprint density at radius 2 is 2.17 bits per heavy atom. The number of hydrogen-bond acceptors (Lipinski definition) is 2. The molecule has 1 atom stereocenters. The third kappa shape index (κ3) is 2.89. The standard InChI is InChI=1S/C8H10FNO.BrH/c9-7-3-1-2-6(4-7)8(11)5-10;/h1-4,8,11H,5,10H2;1H. The fourth-order valence-corrected chi connectivity index (χ4v) is 0.850. The Hall–Kier alpha value is -0.450.